The van der Waals surface area contributed by atoms with Crippen LogP contribution in [0.25, 0.3) is 5.76 Å². The molecule has 3 aliphatic rings. The molecule has 2 aromatic carbocycles. The quantitative estimate of drug-likeness (QED) is 0.736. The van der Waals surface area contributed by atoms with Crippen molar-refractivity contribution in [1.29, 1.82) is 5.26 Å². The normalized spacial score (nSPS) is 22.6. The Balaban J connectivity index is 1.88. The van der Waals surface area contributed by atoms with E-state index in [1.807, 2.05) is 12.1 Å². The lowest BCUT2D eigenvalue weighted by molar-refractivity contribution is -0.118. The first-order chi connectivity index (χ1) is 13.1. The number of fused-ring (bicyclic) bond motifs is 5. The Morgan fingerprint density at radius 3 is 2.93 bits per heavy atom. The van der Waals surface area contributed by atoms with Crippen molar-refractivity contribution < 1.29 is 13.9 Å². The Labute approximate surface area is 158 Å². The van der Waals surface area contributed by atoms with Gasteiger partial charge >= 0.3 is 0 Å². The number of para-hydroxylation sites is 1. The first-order valence-corrected chi connectivity index (χ1v) is 9.21. The van der Waals surface area contributed by atoms with E-state index in [4.69, 9.17) is 10.5 Å². The molecule has 0 fully saturated rings. The summed E-state index contributed by atoms with van der Waals surface area (Å²) in [5.74, 6) is -0.115. The fraction of sp³-hybridized carbons (Fsp3) is 0.100. The van der Waals surface area contributed by atoms with E-state index in [2.05, 4.69) is 11.4 Å². The van der Waals surface area contributed by atoms with E-state index in [1.54, 1.807) is 18.2 Å². The molecule has 5 nitrogen and oxygen atoms in total. The summed E-state index contributed by atoms with van der Waals surface area (Å²) in [7, 11) is 0. The van der Waals surface area contributed by atoms with Crippen LogP contribution in [0.1, 0.15) is 11.1 Å². The molecule has 3 N–H and O–H groups in total. The van der Waals surface area contributed by atoms with Crippen LogP contribution in [0.5, 0.6) is 0 Å². The number of benzene rings is 2. The second-order valence-electron chi connectivity index (χ2n) is 6.44. The van der Waals surface area contributed by atoms with Crippen LogP contribution in [0.3, 0.4) is 0 Å². The van der Waals surface area contributed by atoms with E-state index in [0.29, 0.717) is 33.9 Å². The van der Waals surface area contributed by atoms with Gasteiger partial charge in [-0.2, -0.15) is 5.26 Å². The molecule has 3 aliphatic heterocycles. The van der Waals surface area contributed by atoms with Crippen LogP contribution in [0.4, 0.5) is 10.1 Å². The van der Waals surface area contributed by atoms with Crippen LogP contribution < -0.4 is 11.1 Å². The van der Waals surface area contributed by atoms with E-state index in [9.17, 15) is 14.4 Å². The summed E-state index contributed by atoms with van der Waals surface area (Å²) in [5.41, 5.74) is 7.22. The van der Waals surface area contributed by atoms with Crippen LogP contribution in [0.15, 0.2) is 64.4 Å². The Kier molecular flexibility index (Phi) is 3.18. The maximum Gasteiger partial charge on any atom is 0.244 e. The van der Waals surface area contributed by atoms with Gasteiger partial charge in [0, 0.05) is 33.0 Å². The summed E-state index contributed by atoms with van der Waals surface area (Å²) in [6.07, 6.45) is 0. The SMILES string of the molecule is N#CC1=C(N)OC2=C(CSc3ccc(F)cc32)C12C(=O)Nc1ccccc12. The fourth-order valence-electron chi connectivity index (χ4n) is 4.02. The third-order valence-corrected chi connectivity index (χ3v) is 6.25. The third-order valence-electron chi connectivity index (χ3n) is 5.15. The van der Waals surface area contributed by atoms with Crippen molar-refractivity contribution in [3.63, 3.8) is 0 Å². The number of thioether (sulfide) groups is 1. The molecule has 1 amide bonds. The van der Waals surface area contributed by atoms with Crippen molar-refractivity contribution in [3.05, 3.63) is 76.4 Å². The third kappa shape index (κ3) is 1.90. The summed E-state index contributed by atoms with van der Waals surface area (Å²) in [5, 5.41) is 12.7. The maximum absolute atomic E-state index is 13.9. The van der Waals surface area contributed by atoms with Crippen LogP contribution >= 0.6 is 11.8 Å². The predicted octanol–water partition coefficient (Wildman–Crippen LogP) is 3.26. The number of hydrogen-bond acceptors (Lipinski definition) is 5. The lowest BCUT2D eigenvalue weighted by Crippen LogP contribution is -2.44. The summed E-state index contributed by atoms with van der Waals surface area (Å²) in [6.45, 7) is 0. The number of carbonyl (C=O) groups excluding carboxylic acids is 1. The number of carbonyl (C=O) groups is 1. The van der Waals surface area contributed by atoms with Gasteiger partial charge in [0.05, 0.1) is 0 Å². The molecule has 0 saturated heterocycles. The highest BCUT2D eigenvalue weighted by Gasteiger charge is 2.58. The zero-order valence-corrected chi connectivity index (χ0v) is 14.7. The molecule has 3 heterocycles. The second-order valence-corrected chi connectivity index (χ2v) is 7.46. The van der Waals surface area contributed by atoms with Crippen molar-refractivity contribution >= 4 is 29.1 Å². The van der Waals surface area contributed by atoms with Gasteiger partial charge in [0.15, 0.2) is 0 Å². The largest absolute Gasteiger partial charge is 0.440 e. The molecule has 1 atom stereocenters. The van der Waals surface area contributed by atoms with Gasteiger partial charge in [-0.1, -0.05) is 18.2 Å². The van der Waals surface area contributed by atoms with Crippen LogP contribution in [0.2, 0.25) is 0 Å². The smallest absolute Gasteiger partial charge is 0.244 e. The predicted molar refractivity (Wildman–Crippen MR) is 98.7 cm³/mol. The summed E-state index contributed by atoms with van der Waals surface area (Å²) < 4.78 is 19.7. The maximum atomic E-state index is 13.9. The number of amides is 1. The standard InChI is InChI=1S/C20H12FN3O2S/c21-10-5-6-16-11(7-10)17-14(9-27-16)20(13(8-22)18(23)26-17)12-3-1-2-4-15(12)24-19(20)25/h1-7H,9,23H2,(H,24,25). The Hall–Kier alpha value is -3.24. The highest BCUT2D eigenvalue weighted by atomic mass is 32.2. The molecule has 0 radical (unpaired) electrons. The number of nitrogens with one attached hydrogen (secondary N) is 1. The summed E-state index contributed by atoms with van der Waals surface area (Å²) >= 11 is 1.48. The minimum atomic E-state index is -1.36. The van der Waals surface area contributed by atoms with Crippen molar-refractivity contribution in [3.8, 4) is 6.07 Å². The molecule has 132 valence electrons. The van der Waals surface area contributed by atoms with Gasteiger partial charge < -0.3 is 15.8 Å². The first kappa shape index (κ1) is 16.0. The highest BCUT2D eigenvalue weighted by Crippen LogP contribution is 2.56. The molecule has 5 rings (SSSR count). The van der Waals surface area contributed by atoms with Gasteiger partial charge in [0.25, 0.3) is 0 Å². The summed E-state index contributed by atoms with van der Waals surface area (Å²) in [4.78, 5) is 14.1. The fourth-order valence-corrected chi connectivity index (χ4v) is 5.14. The molecule has 1 spiro atoms. The molecule has 0 aromatic heterocycles. The molecule has 27 heavy (non-hydrogen) atoms. The van der Waals surface area contributed by atoms with E-state index in [1.165, 1.54) is 23.9 Å². The second kappa shape index (κ2) is 5.38. The number of ether oxygens (including phenoxy) is 1. The van der Waals surface area contributed by atoms with Gasteiger partial charge in [0.1, 0.15) is 28.6 Å². The topological polar surface area (TPSA) is 88.1 Å². The van der Waals surface area contributed by atoms with Crippen molar-refractivity contribution in [2.24, 2.45) is 5.73 Å². The number of anilines is 1. The summed E-state index contributed by atoms with van der Waals surface area (Å²) in [6, 6.07) is 13.7. The zero-order valence-electron chi connectivity index (χ0n) is 13.9. The molecule has 2 aromatic rings. The van der Waals surface area contributed by atoms with E-state index >= 15 is 0 Å². The van der Waals surface area contributed by atoms with Crippen LogP contribution in [-0.4, -0.2) is 11.7 Å². The highest BCUT2D eigenvalue weighted by molar-refractivity contribution is 7.99. The molecule has 0 aliphatic carbocycles. The van der Waals surface area contributed by atoms with Gasteiger partial charge in [-0.25, -0.2) is 4.39 Å². The van der Waals surface area contributed by atoms with Crippen molar-refractivity contribution in [1.82, 2.24) is 0 Å². The number of hydrogen-bond donors (Lipinski definition) is 2. The van der Waals surface area contributed by atoms with Crippen molar-refractivity contribution in [2.75, 3.05) is 11.1 Å². The Morgan fingerprint density at radius 1 is 1.30 bits per heavy atom. The lowest BCUT2D eigenvalue weighted by Gasteiger charge is -2.38. The van der Waals surface area contributed by atoms with Gasteiger partial charge in [0.2, 0.25) is 11.8 Å². The van der Waals surface area contributed by atoms with Gasteiger partial charge in [-0.05, 0) is 24.3 Å². The number of rotatable bonds is 0. The average Bonchev–Trinajstić information content (AvgIpc) is 2.95. The molecule has 0 bridgehead atoms. The van der Waals surface area contributed by atoms with E-state index < -0.39 is 11.2 Å². The number of nitriles is 1. The minimum absolute atomic E-state index is 0.0594. The van der Waals surface area contributed by atoms with Gasteiger partial charge in [-0.15, -0.1) is 11.8 Å². The number of halogens is 1. The van der Waals surface area contributed by atoms with Crippen LogP contribution in [0, 0.1) is 17.1 Å². The lowest BCUT2D eigenvalue weighted by atomic mass is 9.68. The number of nitrogens with two attached hydrogens (primary N) is 1. The average molecular weight is 377 g/mol. The van der Waals surface area contributed by atoms with Crippen LogP contribution in [-0.2, 0) is 14.9 Å². The van der Waals surface area contributed by atoms with E-state index in [0.717, 1.165) is 4.90 Å². The molecule has 0 saturated carbocycles. The van der Waals surface area contributed by atoms with Crippen molar-refractivity contribution in [2.45, 2.75) is 10.3 Å². The molecular formula is C20H12FN3O2S. The minimum Gasteiger partial charge on any atom is -0.440 e. The molecule has 1 unspecified atom stereocenters. The monoisotopic (exact) mass is 377 g/mol. The molecule has 7 heteroatoms. The Morgan fingerprint density at radius 2 is 2.11 bits per heavy atom. The first-order valence-electron chi connectivity index (χ1n) is 8.23. The number of nitrogens with zero attached hydrogens (tertiary/aromatic N) is 1. The van der Waals surface area contributed by atoms with Gasteiger partial charge in [-0.3, -0.25) is 4.79 Å². The van der Waals surface area contributed by atoms with E-state index in [-0.39, 0.29) is 17.4 Å². The Bertz CT molecular complexity index is 1150. The molecular weight excluding hydrogens is 365 g/mol. The zero-order chi connectivity index (χ0) is 18.8.